The van der Waals surface area contributed by atoms with Crippen LogP contribution in [0.1, 0.15) is 0 Å². The minimum Gasteiger partial charge on any atom is -0.359 e. The first-order valence-electron chi connectivity index (χ1n) is 6.55. The van der Waals surface area contributed by atoms with Crippen molar-refractivity contribution in [2.24, 2.45) is 0 Å². The Morgan fingerprint density at radius 1 is 1.00 bits per heavy atom. The third-order valence-corrected chi connectivity index (χ3v) is 4.54. The lowest BCUT2D eigenvalue weighted by molar-refractivity contribution is 0.867. The fraction of sp³-hybridized carbons (Fsp3) is 0.0588. The van der Waals surface area contributed by atoms with Gasteiger partial charge in [0.25, 0.3) is 0 Å². The molecule has 1 aliphatic rings. The third-order valence-electron chi connectivity index (χ3n) is 3.26. The Kier molecular flexibility index (Phi) is 3.95. The maximum atomic E-state index is 6.00. The summed E-state index contributed by atoms with van der Waals surface area (Å²) in [6, 6.07) is 12.4. The second-order valence-corrected chi connectivity index (χ2v) is 6.32. The molecule has 106 valence electrons. The molecule has 2 N–H and O–H groups in total. The van der Waals surface area contributed by atoms with E-state index in [1.807, 2.05) is 24.4 Å². The molecule has 0 aromatic heterocycles. The predicted molar refractivity (Wildman–Crippen MR) is 92.3 cm³/mol. The van der Waals surface area contributed by atoms with Crippen molar-refractivity contribution in [2.45, 2.75) is 4.90 Å². The quantitative estimate of drug-likeness (QED) is 0.807. The number of benzene rings is 2. The number of hydrogen-bond donors (Lipinski definition) is 2. The van der Waals surface area contributed by atoms with Gasteiger partial charge in [-0.25, -0.2) is 0 Å². The Bertz CT molecular complexity index is 764. The van der Waals surface area contributed by atoms with Gasteiger partial charge in [-0.2, -0.15) is 0 Å². The van der Waals surface area contributed by atoms with Crippen LogP contribution in [0.4, 0.5) is 0 Å². The molecule has 3 rings (SSSR count). The van der Waals surface area contributed by atoms with Crippen molar-refractivity contribution in [2.75, 3.05) is 5.75 Å². The lowest BCUT2D eigenvalue weighted by Gasteiger charge is -2.20. The monoisotopic (exact) mass is 314 g/mol. The minimum atomic E-state index is 0.768. The van der Waals surface area contributed by atoms with Crippen LogP contribution in [0.3, 0.4) is 0 Å². The van der Waals surface area contributed by atoms with Crippen molar-refractivity contribution < 1.29 is 0 Å². The van der Waals surface area contributed by atoms with E-state index in [9.17, 15) is 0 Å². The van der Waals surface area contributed by atoms with Gasteiger partial charge in [0.15, 0.2) is 0 Å². The first-order chi connectivity index (χ1) is 10.1. The van der Waals surface area contributed by atoms with Crippen LogP contribution >= 0.6 is 23.4 Å². The second-order valence-electron chi connectivity index (χ2n) is 4.84. The molecule has 1 heterocycles. The van der Waals surface area contributed by atoms with E-state index in [0.29, 0.717) is 0 Å². The largest absolute Gasteiger partial charge is 0.359 e. The summed E-state index contributed by atoms with van der Waals surface area (Å²) in [5.74, 6) is 0.846. The van der Waals surface area contributed by atoms with Crippen molar-refractivity contribution in [3.8, 4) is 0 Å². The molecular formula is C17H15ClN2S. The number of fused-ring (bicyclic) bond motifs is 1. The highest BCUT2D eigenvalue weighted by molar-refractivity contribution is 7.99. The molecule has 2 aromatic carbocycles. The van der Waals surface area contributed by atoms with Crippen LogP contribution in [-0.4, -0.2) is 5.75 Å². The predicted octanol–water partition coefficient (Wildman–Crippen LogP) is 4.65. The maximum Gasteiger partial charge on any atom is 0.0542 e. The Morgan fingerprint density at radius 3 is 2.57 bits per heavy atom. The molecule has 0 amide bonds. The van der Waals surface area contributed by atoms with E-state index in [2.05, 4.69) is 42.0 Å². The molecule has 0 radical (unpaired) electrons. The highest BCUT2D eigenvalue weighted by atomic mass is 35.5. The first-order valence-corrected chi connectivity index (χ1v) is 7.91. The fourth-order valence-electron chi connectivity index (χ4n) is 2.09. The summed E-state index contributed by atoms with van der Waals surface area (Å²) in [4.78, 5) is 1.22. The van der Waals surface area contributed by atoms with Gasteiger partial charge in [0.05, 0.1) is 11.4 Å². The number of rotatable bonds is 3. The molecule has 0 atom stereocenters. The first kappa shape index (κ1) is 14.1. The molecule has 0 saturated heterocycles. The zero-order valence-electron chi connectivity index (χ0n) is 11.4. The van der Waals surface area contributed by atoms with Gasteiger partial charge in [0.2, 0.25) is 0 Å². The van der Waals surface area contributed by atoms with E-state index in [-0.39, 0.29) is 0 Å². The van der Waals surface area contributed by atoms with Gasteiger partial charge in [-0.05, 0) is 35.0 Å². The average Bonchev–Trinajstić information content (AvgIpc) is 2.48. The van der Waals surface area contributed by atoms with Crippen LogP contribution < -0.4 is 10.6 Å². The molecule has 0 saturated carbocycles. The van der Waals surface area contributed by atoms with Crippen LogP contribution in [0, 0.1) is 0 Å². The zero-order valence-corrected chi connectivity index (χ0v) is 13.0. The van der Waals surface area contributed by atoms with E-state index < -0.39 is 0 Å². The maximum absolute atomic E-state index is 6.00. The number of nitrogens with one attached hydrogen (secondary N) is 2. The molecular weight excluding hydrogens is 300 g/mol. The number of thioether (sulfide) groups is 1. The zero-order chi connectivity index (χ0) is 14.8. The molecule has 4 heteroatoms. The number of halogens is 1. The van der Waals surface area contributed by atoms with Gasteiger partial charge in [0.1, 0.15) is 0 Å². The molecule has 1 aliphatic heterocycles. The lowest BCUT2D eigenvalue weighted by atomic mass is 10.1. The Hall–Kier alpha value is -1.84. The van der Waals surface area contributed by atoms with E-state index >= 15 is 0 Å². The Morgan fingerprint density at radius 2 is 1.76 bits per heavy atom. The smallest absolute Gasteiger partial charge is 0.0542 e. The van der Waals surface area contributed by atoms with Crippen molar-refractivity contribution in [3.05, 3.63) is 77.9 Å². The van der Waals surface area contributed by atoms with Crippen molar-refractivity contribution >= 4 is 34.1 Å². The van der Waals surface area contributed by atoms with Crippen molar-refractivity contribution in [3.63, 3.8) is 0 Å². The highest BCUT2D eigenvalue weighted by Crippen LogP contribution is 2.27. The summed E-state index contributed by atoms with van der Waals surface area (Å²) >= 11 is 7.78. The molecule has 2 aromatic rings. The molecule has 21 heavy (non-hydrogen) atoms. The molecule has 2 nitrogen and oxygen atoms in total. The van der Waals surface area contributed by atoms with Gasteiger partial charge in [-0.15, -0.1) is 11.8 Å². The van der Waals surface area contributed by atoms with E-state index in [1.165, 1.54) is 10.3 Å². The van der Waals surface area contributed by atoms with Crippen molar-refractivity contribution in [1.82, 2.24) is 10.6 Å². The molecule has 0 aliphatic carbocycles. The molecule has 0 fully saturated rings. The third kappa shape index (κ3) is 3.26. The van der Waals surface area contributed by atoms with E-state index in [4.69, 9.17) is 11.6 Å². The van der Waals surface area contributed by atoms with E-state index in [0.717, 1.165) is 33.3 Å². The molecule has 0 spiro atoms. The fourth-order valence-corrected chi connectivity index (χ4v) is 3.12. The molecule has 0 bridgehead atoms. The van der Waals surface area contributed by atoms with Gasteiger partial charge < -0.3 is 10.6 Å². The summed E-state index contributed by atoms with van der Waals surface area (Å²) in [6.45, 7) is 7.77. The van der Waals surface area contributed by atoms with Gasteiger partial charge >= 0.3 is 0 Å². The summed E-state index contributed by atoms with van der Waals surface area (Å²) < 4.78 is 0. The average molecular weight is 315 g/mol. The van der Waals surface area contributed by atoms with Crippen LogP contribution in [0.25, 0.3) is 10.8 Å². The van der Waals surface area contributed by atoms with Crippen LogP contribution in [0.2, 0.25) is 5.02 Å². The Balaban J connectivity index is 1.72. The summed E-state index contributed by atoms with van der Waals surface area (Å²) in [7, 11) is 0. The standard InChI is InChI=1S/C17H15ClN2S/c1-11-12(2)20-16(9-19-11)10-21-17-6-4-13-7-15(18)5-3-14(13)8-17/h3-9,19-20H,1-2,10H2. The molecule has 0 unspecified atom stereocenters. The Labute approximate surface area is 133 Å². The van der Waals surface area contributed by atoms with Crippen LogP contribution in [0.15, 0.2) is 77.7 Å². The normalized spacial score (nSPS) is 14.6. The minimum absolute atomic E-state index is 0.768. The second kappa shape index (κ2) is 5.88. The summed E-state index contributed by atoms with van der Waals surface area (Å²) in [5, 5.41) is 9.48. The SMILES string of the molecule is C=C1NC=C(CSc2ccc3cc(Cl)ccc3c2)NC1=C. The summed E-state index contributed by atoms with van der Waals surface area (Å²) in [5.41, 5.74) is 2.72. The topological polar surface area (TPSA) is 24.1 Å². The van der Waals surface area contributed by atoms with Crippen LogP contribution in [-0.2, 0) is 0 Å². The van der Waals surface area contributed by atoms with E-state index in [1.54, 1.807) is 11.8 Å². The summed E-state index contributed by atoms with van der Waals surface area (Å²) in [6.07, 6.45) is 1.94. The lowest BCUT2D eigenvalue weighted by Crippen LogP contribution is -2.27. The highest BCUT2D eigenvalue weighted by Gasteiger charge is 2.09. The van der Waals surface area contributed by atoms with Crippen molar-refractivity contribution in [1.29, 1.82) is 0 Å². The van der Waals surface area contributed by atoms with Crippen LogP contribution in [0.5, 0.6) is 0 Å². The van der Waals surface area contributed by atoms with Gasteiger partial charge in [0, 0.05) is 27.6 Å². The van der Waals surface area contributed by atoms with Gasteiger partial charge in [-0.1, -0.05) is 36.9 Å². The number of hydrogen-bond acceptors (Lipinski definition) is 3. The van der Waals surface area contributed by atoms with Gasteiger partial charge in [-0.3, -0.25) is 0 Å².